The molecule has 29 heavy (non-hydrogen) atoms. The van der Waals surface area contributed by atoms with Crippen molar-refractivity contribution in [3.63, 3.8) is 0 Å². The van der Waals surface area contributed by atoms with Gasteiger partial charge < -0.3 is 0 Å². The average Bonchev–Trinajstić information content (AvgIpc) is 3.15. The maximum atomic E-state index is 13.3. The topological polar surface area (TPSA) is 34.9 Å². The number of fused-ring (bicyclic) bond motifs is 1. The Bertz CT molecular complexity index is 973. The largest absolute Gasteiger partial charge is 0.273 e. The van der Waals surface area contributed by atoms with E-state index in [0.29, 0.717) is 24.2 Å². The molecule has 0 radical (unpaired) electrons. The lowest BCUT2D eigenvalue weighted by Crippen LogP contribution is -2.17. The van der Waals surface area contributed by atoms with E-state index in [4.69, 9.17) is 5.10 Å². The van der Waals surface area contributed by atoms with Gasteiger partial charge in [0.15, 0.2) is 0 Å². The van der Waals surface area contributed by atoms with Crippen molar-refractivity contribution >= 4 is 5.91 Å². The van der Waals surface area contributed by atoms with E-state index in [1.165, 1.54) is 11.1 Å². The predicted molar refractivity (Wildman–Crippen MR) is 118 cm³/mol. The van der Waals surface area contributed by atoms with Gasteiger partial charge in [-0.2, -0.15) is 9.78 Å². The minimum Gasteiger partial charge on any atom is -0.273 e. The van der Waals surface area contributed by atoms with Crippen LogP contribution >= 0.6 is 0 Å². The molecule has 0 unspecified atom stereocenters. The number of nitrogens with zero attached hydrogens (tertiary/aromatic N) is 2. The molecular weight excluding hydrogens is 356 g/mol. The first-order chi connectivity index (χ1) is 14.1. The Morgan fingerprint density at radius 1 is 1.03 bits per heavy atom. The number of carbonyl (C=O) groups is 1. The number of benzene rings is 2. The molecule has 3 nitrogen and oxygen atoms in total. The van der Waals surface area contributed by atoms with Crippen LogP contribution in [0.25, 0.3) is 11.3 Å². The molecule has 0 saturated carbocycles. The van der Waals surface area contributed by atoms with Gasteiger partial charge >= 0.3 is 0 Å². The molecule has 0 saturated heterocycles. The van der Waals surface area contributed by atoms with Crippen LogP contribution in [0, 0.1) is 5.92 Å². The summed E-state index contributed by atoms with van der Waals surface area (Å²) in [5, 5.41) is 4.96. The Labute approximate surface area is 173 Å². The zero-order valence-electron chi connectivity index (χ0n) is 17.6. The summed E-state index contributed by atoms with van der Waals surface area (Å²) in [6.07, 6.45) is 3.50. The van der Waals surface area contributed by atoms with Crippen molar-refractivity contribution in [1.82, 2.24) is 9.78 Å². The molecule has 2 aromatic carbocycles. The summed E-state index contributed by atoms with van der Waals surface area (Å²) in [6, 6.07) is 20.5. The standard InChI is InChI=1S/C26H30N2O/c1-18(2)22-16-14-19(3)24-25(22)27-28(26(24)21-12-8-5-9-13-21)23(29)17-15-20-10-6-4-7-11-20/h4-13,18-19,22H,14-17H2,1-3H3/t19-,22+/m1/s1. The van der Waals surface area contributed by atoms with E-state index < -0.39 is 0 Å². The van der Waals surface area contributed by atoms with Crippen molar-refractivity contribution in [3.05, 3.63) is 77.5 Å². The third kappa shape index (κ3) is 3.91. The van der Waals surface area contributed by atoms with Gasteiger partial charge in [-0.05, 0) is 36.7 Å². The molecule has 0 N–H and O–H groups in total. The van der Waals surface area contributed by atoms with Crippen LogP contribution in [0.1, 0.15) is 73.5 Å². The van der Waals surface area contributed by atoms with E-state index in [-0.39, 0.29) is 5.91 Å². The summed E-state index contributed by atoms with van der Waals surface area (Å²) in [5.41, 5.74) is 5.72. The van der Waals surface area contributed by atoms with Gasteiger partial charge in [0.1, 0.15) is 0 Å². The van der Waals surface area contributed by atoms with Gasteiger partial charge in [0.05, 0.1) is 11.4 Å². The minimum atomic E-state index is 0.0804. The first-order valence-electron chi connectivity index (χ1n) is 10.8. The molecule has 3 heteroatoms. The molecular formula is C26H30N2O. The molecule has 0 bridgehead atoms. The Hall–Kier alpha value is -2.68. The highest BCUT2D eigenvalue weighted by molar-refractivity contribution is 5.85. The maximum absolute atomic E-state index is 13.3. The summed E-state index contributed by atoms with van der Waals surface area (Å²) in [5.74, 6) is 1.45. The van der Waals surface area contributed by atoms with Crippen LogP contribution in [0.4, 0.5) is 0 Å². The van der Waals surface area contributed by atoms with Crippen LogP contribution in [0.2, 0.25) is 0 Å². The van der Waals surface area contributed by atoms with Gasteiger partial charge in [-0.1, -0.05) is 81.4 Å². The van der Waals surface area contributed by atoms with Crippen LogP contribution in [-0.2, 0) is 6.42 Å². The first kappa shape index (κ1) is 19.6. The highest BCUT2D eigenvalue weighted by atomic mass is 16.2. The number of aromatic nitrogens is 2. The minimum absolute atomic E-state index is 0.0804. The smallest absolute Gasteiger partial charge is 0.247 e. The van der Waals surface area contributed by atoms with Crippen LogP contribution in [0.15, 0.2) is 60.7 Å². The van der Waals surface area contributed by atoms with Gasteiger partial charge in [0.2, 0.25) is 5.91 Å². The monoisotopic (exact) mass is 386 g/mol. The Balaban J connectivity index is 1.76. The van der Waals surface area contributed by atoms with Crippen molar-refractivity contribution in [2.75, 3.05) is 0 Å². The van der Waals surface area contributed by atoms with Gasteiger partial charge in [-0.3, -0.25) is 4.79 Å². The summed E-state index contributed by atoms with van der Waals surface area (Å²) in [7, 11) is 0. The molecule has 0 spiro atoms. The van der Waals surface area contributed by atoms with Crippen LogP contribution in [0.3, 0.4) is 0 Å². The molecule has 0 aliphatic heterocycles. The molecule has 0 amide bonds. The molecule has 2 atom stereocenters. The number of hydrogen-bond acceptors (Lipinski definition) is 2. The second-order valence-corrected chi connectivity index (χ2v) is 8.63. The van der Waals surface area contributed by atoms with Crippen molar-refractivity contribution in [2.24, 2.45) is 5.92 Å². The van der Waals surface area contributed by atoms with Crippen molar-refractivity contribution < 1.29 is 4.79 Å². The SMILES string of the molecule is CC(C)[C@@H]1CC[C@@H](C)c2c1nn(C(=O)CCc1ccccc1)c2-c1ccccc1. The normalized spacial score (nSPS) is 18.6. The molecule has 1 aromatic heterocycles. The van der Waals surface area contributed by atoms with Crippen LogP contribution in [0.5, 0.6) is 0 Å². The van der Waals surface area contributed by atoms with Crippen molar-refractivity contribution in [2.45, 2.75) is 58.3 Å². The Kier molecular flexibility index (Phi) is 5.66. The van der Waals surface area contributed by atoms with E-state index in [9.17, 15) is 4.79 Å². The molecule has 1 aliphatic carbocycles. The van der Waals surface area contributed by atoms with E-state index in [2.05, 4.69) is 45.0 Å². The summed E-state index contributed by atoms with van der Waals surface area (Å²) >= 11 is 0. The number of aryl methyl sites for hydroxylation is 1. The molecule has 150 valence electrons. The number of carbonyl (C=O) groups excluding carboxylic acids is 1. The fourth-order valence-electron chi connectivity index (χ4n) is 4.62. The number of hydrogen-bond donors (Lipinski definition) is 0. The lowest BCUT2D eigenvalue weighted by Gasteiger charge is -2.28. The fourth-order valence-corrected chi connectivity index (χ4v) is 4.62. The quantitative estimate of drug-likeness (QED) is 0.504. The zero-order chi connectivity index (χ0) is 20.4. The van der Waals surface area contributed by atoms with Gasteiger partial charge in [-0.25, -0.2) is 0 Å². The second-order valence-electron chi connectivity index (χ2n) is 8.63. The van der Waals surface area contributed by atoms with Gasteiger partial charge in [-0.15, -0.1) is 0 Å². The van der Waals surface area contributed by atoms with Crippen molar-refractivity contribution in [3.8, 4) is 11.3 Å². The molecule has 4 rings (SSSR count). The molecule has 3 aromatic rings. The van der Waals surface area contributed by atoms with E-state index >= 15 is 0 Å². The molecule has 1 heterocycles. The van der Waals surface area contributed by atoms with Gasteiger partial charge in [0, 0.05) is 23.5 Å². The highest BCUT2D eigenvalue weighted by Crippen LogP contribution is 2.45. The predicted octanol–water partition coefficient (Wildman–Crippen LogP) is 6.46. The third-order valence-corrected chi connectivity index (χ3v) is 6.26. The Morgan fingerprint density at radius 3 is 2.34 bits per heavy atom. The van der Waals surface area contributed by atoms with E-state index in [1.807, 2.05) is 36.4 Å². The summed E-state index contributed by atoms with van der Waals surface area (Å²) in [4.78, 5) is 13.3. The lowest BCUT2D eigenvalue weighted by atomic mass is 9.75. The van der Waals surface area contributed by atoms with Gasteiger partial charge in [0.25, 0.3) is 0 Å². The lowest BCUT2D eigenvalue weighted by molar-refractivity contribution is 0.0888. The molecule has 1 aliphatic rings. The third-order valence-electron chi connectivity index (χ3n) is 6.26. The Morgan fingerprint density at radius 2 is 1.69 bits per heavy atom. The second kappa shape index (κ2) is 8.36. The summed E-state index contributed by atoms with van der Waals surface area (Å²) < 4.78 is 1.72. The fraction of sp³-hybridized carbons (Fsp3) is 0.385. The molecule has 0 fully saturated rings. The zero-order valence-corrected chi connectivity index (χ0v) is 17.6. The summed E-state index contributed by atoms with van der Waals surface area (Å²) in [6.45, 7) is 6.81. The van der Waals surface area contributed by atoms with Crippen LogP contribution < -0.4 is 0 Å². The van der Waals surface area contributed by atoms with E-state index in [1.54, 1.807) is 4.68 Å². The maximum Gasteiger partial charge on any atom is 0.247 e. The van der Waals surface area contributed by atoms with Crippen molar-refractivity contribution in [1.29, 1.82) is 0 Å². The highest BCUT2D eigenvalue weighted by Gasteiger charge is 2.35. The van der Waals surface area contributed by atoms with Crippen LogP contribution in [-0.4, -0.2) is 15.7 Å². The van der Waals surface area contributed by atoms with E-state index in [0.717, 1.165) is 36.2 Å². The average molecular weight is 387 g/mol. The first-order valence-corrected chi connectivity index (χ1v) is 10.8. The number of rotatable bonds is 5.